The first-order valence-electron chi connectivity index (χ1n) is 6.05. The van der Waals surface area contributed by atoms with Gasteiger partial charge in [-0.3, -0.25) is 4.72 Å². The Hall–Kier alpha value is -1.07. The van der Waals surface area contributed by atoms with E-state index in [1.54, 1.807) is 0 Å². The van der Waals surface area contributed by atoms with Crippen LogP contribution in [0.4, 0.5) is 5.69 Å². The van der Waals surface area contributed by atoms with Gasteiger partial charge in [-0.15, -0.1) is 0 Å². The molecule has 2 aliphatic rings. The maximum absolute atomic E-state index is 11.7. The van der Waals surface area contributed by atoms with E-state index in [9.17, 15) is 8.42 Å². The molecule has 0 aromatic heterocycles. The van der Waals surface area contributed by atoms with Crippen LogP contribution in [0, 0.1) is 0 Å². The van der Waals surface area contributed by atoms with Crippen LogP contribution in [0.5, 0.6) is 0 Å². The van der Waals surface area contributed by atoms with E-state index in [4.69, 9.17) is 0 Å². The Labute approximate surface area is 102 Å². The summed E-state index contributed by atoms with van der Waals surface area (Å²) >= 11 is 0. The Morgan fingerprint density at radius 1 is 1.06 bits per heavy atom. The van der Waals surface area contributed by atoms with Crippen molar-refractivity contribution in [2.24, 2.45) is 0 Å². The molecule has 0 spiro atoms. The predicted octanol–water partition coefficient (Wildman–Crippen LogP) is 1.54. The van der Waals surface area contributed by atoms with Crippen LogP contribution in [0.3, 0.4) is 0 Å². The summed E-state index contributed by atoms with van der Waals surface area (Å²) in [6.45, 7) is 1.28. The van der Waals surface area contributed by atoms with Crippen molar-refractivity contribution >= 4 is 15.9 Å². The molecule has 4 nitrogen and oxygen atoms in total. The van der Waals surface area contributed by atoms with Gasteiger partial charge in [-0.1, -0.05) is 6.07 Å². The van der Waals surface area contributed by atoms with E-state index in [1.807, 2.05) is 12.1 Å². The fourth-order valence-corrected chi connectivity index (χ4v) is 3.41. The molecule has 92 valence electrons. The summed E-state index contributed by atoms with van der Waals surface area (Å²) in [7, 11) is -3.28. The highest BCUT2D eigenvalue weighted by molar-refractivity contribution is 7.90. The molecule has 1 N–H and O–H groups in total. The van der Waals surface area contributed by atoms with Gasteiger partial charge in [0.2, 0.25) is 0 Å². The average molecular weight is 252 g/mol. The highest BCUT2D eigenvalue weighted by Crippen LogP contribution is 2.25. The molecule has 1 aliphatic carbocycles. The third kappa shape index (κ3) is 2.30. The van der Waals surface area contributed by atoms with Crippen LogP contribution in [0.2, 0.25) is 0 Å². The number of aryl methyl sites for hydroxylation is 2. The molecular formula is C12H16N2O2S. The number of rotatable bonds is 3. The number of benzene rings is 1. The average Bonchev–Trinajstić information content (AvgIpc) is 3.12. The molecule has 0 saturated carbocycles. The van der Waals surface area contributed by atoms with Crippen LogP contribution < -0.4 is 4.72 Å². The van der Waals surface area contributed by atoms with Crippen molar-refractivity contribution < 1.29 is 8.42 Å². The molecule has 17 heavy (non-hydrogen) atoms. The van der Waals surface area contributed by atoms with Crippen molar-refractivity contribution in [1.29, 1.82) is 0 Å². The van der Waals surface area contributed by atoms with Crippen LogP contribution in [0.1, 0.15) is 24.0 Å². The predicted molar refractivity (Wildman–Crippen MR) is 67.2 cm³/mol. The number of hydrogen-bond acceptors (Lipinski definition) is 2. The third-order valence-corrected chi connectivity index (χ3v) is 4.88. The molecule has 1 fully saturated rings. The fourth-order valence-electron chi connectivity index (χ4n) is 2.29. The summed E-state index contributed by atoms with van der Waals surface area (Å²) < 4.78 is 27.5. The molecule has 1 aromatic rings. The third-order valence-electron chi connectivity index (χ3n) is 3.34. The van der Waals surface area contributed by atoms with E-state index in [0.29, 0.717) is 18.8 Å². The van der Waals surface area contributed by atoms with Crippen molar-refractivity contribution in [3.63, 3.8) is 0 Å². The Morgan fingerprint density at radius 2 is 1.76 bits per heavy atom. The van der Waals surface area contributed by atoms with E-state index in [2.05, 4.69) is 10.8 Å². The molecule has 0 amide bonds. The van der Waals surface area contributed by atoms with Gasteiger partial charge in [-0.25, -0.2) is 0 Å². The SMILES string of the molecule is O=S(=O)(Nc1ccc2c(c1)CCCC2)N1CC1. The standard InChI is InChI=1S/C12H16N2O2S/c15-17(16,14-7-8-14)13-12-6-5-10-3-1-2-4-11(10)9-12/h5-6,9,13H,1-4,7-8H2. The summed E-state index contributed by atoms with van der Waals surface area (Å²) in [5, 5.41) is 0. The maximum Gasteiger partial charge on any atom is 0.301 e. The molecule has 3 rings (SSSR count). The molecule has 1 aliphatic heterocycles. The fraction of sp³-hybridized carbons (Fsp3) is 0.500. The Bertz CT molecular complexity index is 535. The van der Waals surface area contributed by atoms with Crippen LogP contribution in [-0.4, -0.2) is 25.8 Å². The normalized spacial score (nSPS) is 19.8. The smallest absolute Gasteiger partial charge is 0.271 e. The second kappa shape index (κ2) is 3.99. The van der Waals surface area contributed by atoms with Crippen LogP contribution in [0.25, 0.3) is 0 Å². The first-order chi connectivity index (χ1) is 8.15. The van der Waals surface area contributed by atoms with E-state index in [1.165, 1.54) is 28.3 Å². The zero-order valence-corrected chi connectivity index (χ0v) is 10.5. The van der Waals surface area contributed by atoms with Gasteiger partial charge < -0.3 is 0 Å². The quantitative estimate of drug-likeness (QED) is 0.830. The van der Waals surface area contributed by atoms with E-state index in [0.717, 1.165) is 12.8 Å². The molecule has 0 bridgehead atoms. The second-order valence-electron chi connectivity index (χ2n) is 4.70. The lowest BCUT2D eigenvalue weighted by Crippen LogP contribution is -2.21. The van der Waals surface area contributed by atoms with Crippen molar-refractivity contribution in [2.75, 3.05) is 17.8 Å². The van der Waals surface area contributed by atoms with Crippen LogP contribution >= 0.6 is 0 Å². The molecule has 1 heterocycles. The van der Waals surface area contributed by atoms with Crippen molar-refractivity contribution in [3.05, 3.63) is 29.3 Å². The van der Waals surface area contributed by atoms with Crippen molar-refractivity contribution in [3.8, 4) is 0 Å². The number of anilines is 1. The van der Waals surface area contributed by atoms with Gasteiger partial charge in [0.25, 0.3) is 0 Å². The highest BCUT2D eigenvalue weighted by Gasteiger charge is 2.31. The van der Waals surface area contributed by atoms with Crippen molar-refractivity contribution in [1.82, 2.24) is 4.31 Å². The molecular weight excluding hydrogens is 236 g/mol. The van der Waals surface area contributed by atoms with Gasteiger partial charge in [0, 0.05) is 13.1 Å². The summed E-state index contributed by atoms with van der Waals surface area (Å²) in [6, 6.07) is 5.90. The Balaban J connectivity index is 1.84. The number of hydrogen-bond donors (Lipinski definition) is 1. The molecule has 0 unspecified atom stereocenters. The number of fused-ring (bicyclic) bond motifs is 1. The first-order valence-corrected chi connectivity index (χ1v) is 7.49. The lowest BCUT2D eigenvalue weighted by Gasteiger charge is -2.17. The van der Waals surface area contributed by atoms with E-state index >= 15 is 0 Å². The summed E-state index contributed by atoms with van der Waals surface area (Å²) in [6.07, 6.45) is 4.63. The van der Waals surface area contributed by atoms with Crippen molar-refractivity contribution in [2.45, 2.75) is 25.7 Å². The van der Waals surface area contributed by atoms with Crippen LogP contribution in [0.15, 0.2) is 18.2 Å². The van der Waals surface area contributed by atoms with Gasteiger partial charge in [0.05, 0.1) is 5.69 Å². The van der Waals surface area contributed by atoms with Gasteiger partial charge in [-0.05, 0) is 48.9 Å². The lowest BCUT2D eigenvalue weighted by atomic mass is 9.91. The molecule has 5 heteroatoms. The van der Waals surface area contributed by atoms with Gasteiger partial charge >= 0.3 is 10.2 Å². The van der Waals surface area contributed by atoms with Gasteiger partial charge in [0.15, 0.2) is 0 Å². The Morgan fingerprint density at radius 3 is 2.47 bits per heavy atom. The topological polar surface area (TPSA) is 49.2 Å². The zero-order valence-electron chi connectivity index (χ0n) is 9.65. The molecule has 0 radical (unpaired) electrons. The summed E-state index contributed by atoms with van der Waals surface area (Å²) in [4.78, 5) is 0. The van der Waals surface area contributed by atoms with Gasteiger partial charge in [-0.2, -0.15) is 12.7 Å². The largest absolute Gasteiger partial charge is 0.301 e. The Kier molecular flexibility index (Phi) is 2.60. The minimum Gasteiger partial charge on any atom is -0.271 e. The number of nitrogens with one attached hydrogen (secondary N) is 1. The molecule has 1 aromatic carbocycles. The lowest BCUT2D eigenvalue weighted by molar-refractivity contribution is 0.569. The van der Waals surface area contributed by atoms with E-state index < -0.39 is 10.2 Å². The number of nitrogens with zero attached hydrogens (tertiary/aromatic N) is 1. The minimum absolute atomic E-state index is 0.639. The van der Waals surface area contributed by atoms with E-state index in [-0.39, 0.29) is 0 Å². The highest BCUT2D eigenvalue weighted by atomic mass is 32.2. The van der Waals surface area contributed by atoms with Gasteiger partial charge in [0.1, 0.15) is 0 Å². The monoisotopic (exact) mass is 252 g/mol. The molecule has 0 atom stereocenters. The summed E-state index contributed by atoms with van der Waals surface area (Å²) in [5.74, 6) is 0. The summed E-state index contributed by atoms with van der Waals surface area (Å²) in [5.41, 5.74) is 3.35. The molecule has 1 saturated heterocycles. The minimum atomic E-state index is -3.28. The second-order valence-corrected chi connectivity index (χ2v) is 6.37. The zero-order chi connectivity index (χ0) is 11.9. The first kappa shape index (κ1) is 11.0. The van der Waals surface area contributed by atoms with Crippen LogP contribution in [-0.2, 0) is 23.1 Å². The maximum atomic E-state index is 11.7.